The first kappa shape index (κ1) is 9.56. The van der Waals surface area contributed by atoms with Crippen LogP contribution < -0.4 is 10.5 Å². The van der Waals surface area contributed by atoms with Crippen molar-refractivity contribution < 1.29 is 4.74 Å². The Balaban J connectivity index is 2.46. The van der Waals surface area contributed by atoms with Gasteiger partial charge in [0.25, 0.3) is 0 Å². The van der Waals surface area contributed by atoms with Crippen LogP contribution in [0.2, 0.25) is 0 Å². The quantitative estimate of drug-likeness (QED) is 0.703. The van der Waals surface area contributed by atoms with Crippen LogP contribution in [-0.4, -0.2) is 13.2 Å². The second-order valence-corrected chi connectivity index (χ2v) is 2.63. The monoisotopic (exact) mass is 176 g/mol. The molecule has 0 saturated heterocycles. The zero-order chi connectivity index (χ0) is 9.52. The topological polar surface area (TPSA) is 59.0 Å². The highest BCUT2D eigenvalue weighted by atomic mass is 16.5. The van der Waals surface area contributed by atoms with Gasteiger partial charge in [0.15, 0.2) is 0 Å². The van der Waals surface area contributed by atoms with Crippen molar-refractivity contribution in [1.82, 2.24) is 0 Å². The molecule has 1 rings (SSSR count). The van der Waals surface area contributed by atoms with Crippen molar-refractivity contribution >= 4 is 0 Å². The fourth-order valence-electron chi connectivity index (χ4n) is 0.899. The SMILES string of the molecule is N#Cc1ccc(OCCCN)cc1. The second kappa shape index (κ2) is 5.18. The van der Waals surface area contributed by atoms with E-state index in [4.69, 9.17) is 15.7 Å². The summed E-state index contributed by atoms with van der Waals surface area (Å²) in [7, 11) is 0. The molecular weight excluding hydrogens is 164 g/mol. The Morgan fingerprint density at radius 3 is 2.54 bits per heavy atom. The minimum atomic E-state index is 0.627. The zero-order valence-electron chi connectivity index (χ0n) is 7.36. The molecule has 0 aliphatic carbocycles. The molecule has 0 radical (unpaired) electrons. The fraction of sp³-hybridized carbons (Fsp3) is 0.300. The Kier molecular flexibility index (Phi) is 3.80. The Bertz CT molecular complexity index is 287. The number of benzene rings is 1. The van der Waals surface area contributed by atoms with Crippen LogP contribution in [0.1, 0.15) is 12.0 Å². The molecule has 13 heavy (non-hydrogen) atoms. The van der Waals surface area contributed by atoms with Crippen molar-refractivity contribution in [3.63, 3.8) is 0 Å². The van der Waals surface area contributed by atoms with Crippen molar-refractivity contribution in [3.8, 4) is 11.8 Å². The first-order valence-electron chi connectivity index (χ1n) is 4.20. The Morgan fingerprint density at radius 1 is 1.31 bits per heavy atom. The maximum absolute atomic E-state index is 8.54. The summed E-state index contributed by atoms with van der Waals surface area (Å²) in [5.74, 6) is 0.785. The van der Waals surface area contributed by atoms with E-state index in [1.165, 1.54) is 0 Å². The molecule has 0 fully saturated rings. The van der Waals surface area contributed by atoms with Crippen molar-refractivity contribution in [2.75, 3.05) is 13.2 Å². The number of nitriles is 1. The lowest BCUT2D eigenvalue weighted by atomic mass is 10.2. The molecule has 0 aliphatic heterocycles. The molecule has 0 heterocycles. The van der Waals surface area contributed by atoms with E-state index in [-0.39, 0.29) is 0 Å². The third kappa shape index (κ3) is 3.14. The van der Waals surface area contributed by atoms with Gasteiger partial charge in [-0.05, 0) is 37.2 Å². The molecule has 0 amide bonds. The van der Waals surface area contributed by atoms with Crippen LogP contribution in [0.15, 0.2) is 24.3 Å². The summed E-state index contributed by atoms with van der Waals surface area (Å²) in [4.78, 5) is 0. The molecule has 3 heteroatoms. The molecule has 0 aromatic heterocycles. The lowest BCUT2D eigenvalue weighted by Crippen LogP contribution is -2.05. The number of nitrogens with two attached hydrogens (primary N) is 1. The van der Waals surface area contributed by atoms with Crippen molar-refractivity contribution in [3.05, 3.63) is 29.8 Å². The molecule has 0 unspecified atom stereocenters. The van der Waals surface area contributed by atoms with Crippen LogP contribution in [0.25, 0.3) is 0 Å². The summed E-state index contributed by atoms with van der Waals surface area (Å²) in [5.41, 5.74) is 5.96. The summed E-state index contributed by atoms with van der Waals surface area (Å²) in [6.07, 6.45) is 0.847. The standard InChI is InChI=1S/C10H12N2O/c11-6-1-7-13-10-4-2-9(8-12)3-5-10/h2-5H,1,6-7,11H2. The average Bonchev–Trinajstić information content (AvgIpc) is 2.19. The highest BCUT2D eigenvalue weighted by Gasteiger charge is 1.93. The van der Waals surface area contributed by atoms with Gasteiger partial charge in [-0.2, -0.15) is 5.26 Å². The summed E-state index contributed by atoms with van der Waals surface area (Å²) < 4.78 is 5.36. The van der Waals surface area contributed by atoms with Crippen LogP contribution >= 0.6 is 0 Å². The first-order chi connectivity index (χ1) is 6.36. The highest BCUT2D eigenvalue weighted by Crippen LogP contribution is 2.11. The van der Waals surface area contributed by atoms with Crippen molar-refractivity contribution in [2.45, 2.75) is 6.42 Å². The minimum absolute atomic E-state index is 0.627. The highest BCUT2D eigenvalue weighted by molar-refractivity contribution is 5.34. The molecule has 2 N–H and O–H groups in total. The van der Waals surface area contributed by atoms with Gasteiger partial charge in [-0.1, -0.05) is 0 Å². The maximum Gasteiger partial charge on any atom is 0.119 e. The van der Waals surface area contributed by atoms with Gasteiger partial charge < -0.3 is 10.5 Å². The van der Waals surface area contributed by atoms with Gasteiger partial charge in [0.05, 0.1) is 18.2 Å². The van der Waals surface area contributed by atoms with Gasteiger partial charge in [-0.15, -0.1) is 0 Å². The fourth-order valence-corrected chi connectivity index (χ4v) is 0.899. The third-order valence-corrected chi connectivity index (χ3v) is 1.60. The van der Waals surface area contributed by atoms with Gasteiger partial charge in [-0.3, -0.25) is 0 Å². The molecule has 0 aliphatic rings. The molecular formula is C10H12N2O. The van der Waals surface area contributed by atoms with Gasteiger partial charge in [-0.25, -0.2) is 0 Å². The van der Waals surface area contributed by atoms with Crippen molar-refractivity contribution in [1.29, 1.82) is 5.26 Å². The van der Waals surface area contributed by atoms with Gasteiger partial charge in [0, 0.05) is 0 Å². The lowest BCUT2D eigenvalue weighted by molar-refractivity contribution is 0.313. The van der Waals surface area contributed by atoms with Crippen LogP contribution in [0.3, 0.4) is 0 Å². The molecule has 0 saturated carbocycles. The van der Waals surface area contributed by atoms with Gasteiger partial charge in [0.2, 0.25) is 0 Å². The number of ether oxygens (including phenoxy) is 1. The van der Waals surface area contributed by atoms with E-state index in [1.54, 1.807) is 24.3 Å². The maximum atomic E-state index is 8.54. The van der Waals surface area contributed by atoms with Crippen LogP contribution in [-0.2, 0) is 0 Å². The summed E-state index contributed by atoms with van der Waals surface area (Å²) in [5, 5.41) is 8.54. The summed E-state index contributed by atoms with van der Waals surface area (Å²) in [6.45, 7) is 1.26. The molecule has 68 valence electrons. The largest absolute Gasteiger partial charge is 0.494 e. The molecule has 3 nitrogen and oxygen atoms in total. The van der Waals surface area contributed by atoms with E-state index in [0.717, 1.165) is 12.2 Å². The number of hydrogen-bond acceptors (Lipinski definition) is 3. The van der Waals surface area contributed by atoms with E-state index in [0.29, 0.717) is 18.7 Å². The smallest absolute Gasteiger partial charge is 0.119 e. The molecule has 0 spiro atoms. The predicted molar refractivity (Wildman–Crippen MR) is 50.3 cm³/mol. The predicted octanol–water partition coefficient (Wildman–Crippen LogP) is 1.29. The number of hydrogen-bond donors (Lipinski definition) is 1. The Morgan fingerprint density at radius 2 is 2.00 bits per heavy atom. The summed E-state index contributed by atoms with van der Waals surface area (Å²) >= 11 is 0. The normalized spacial score (nSPS) is 9.23. The van der Waals surface area contributed by atoms with Crippen LogP contribution in [0.4, 0.5) is 0 Å². The number of nitrogens with zero attached hydrogens (tertiary/aromatic N) is 1. The van der Waals surface area contributed by atoms with E-state index >= 15 is 0 Å². The minimum Gasteiger partial charge on any atom is -0.494 e. The lowest BCUT2D eigenvalue weighted by Gasteiger charge is -2.03. The molecule has 0 atom stereocenters. The van der Waals surface area contributed by atoms with E-state index in [1.807, 2.05) is 6.07 Å². The van der Waals surface area contributed by atoms with Crippen LogP contribution in [0, 0.1) is 11.3 Å². The Labute approximate surface area is 77.7 Å². The molecule has 1 aromatic carbocycles. The molecule has 0 bridgehead atoms. The van der Waals surface area contributed by atoms with E-state index in [2.05, 4.69) is 0 Å². The Hall–Kier alpha value is -1.53. The first-order valence-corrected chi connectivity index (χ1v) is 4.20. The van der Waals surface area contributed by atoms with Gasteiger partial charge >= 0.3 is 0 Å². The molecule has 1 aromatic rings. The average molecular weight is 176 g/mol. The van der Waals surface area contributed by atoms with Crippen LogP contribution in [0.5, 0.6) is 5.75 Å². The number of rotatable bonds is 4. The second-order valence-electron chi connectivity index (χ2n) is 2.63. The van der Waals surface area contributed by atoms with Crippen molar-refractivity contribution in [2.24, 2.45) is 5.73 Å². The van der Waals surface area contributed by atoms with E-state index < -0.39 is 0 Å². The third-order valence-electron chi connectivity index (χ3n) is 1.60. The summed E-state index contributed by atoms with van der Waals surface area (Å²) in [6, 6.07) is 9.09. The van der Waals surface area contributed by atoms with E-state index in [9.17, 15) is 0 Å². The van der Waals surface area contributed by atoms with Gasteiger partial charge in [0.1, 0.15) is 5.75 Å². The zero-order valence-corrected chi connectivity index (χ0v) is 7.36.